The van der Waals surface area contributed by atoms with Gasteiger partial charge in [0.1, 0.15) is 5.75 Å². The fraction of sp³-hybridized carbons (Fsp3) is 0.0909. The van der Waals surface area contributed by atoms with Crippen LogP contribution in [0.3, 0.4) is 0 Å². The number of nitro groups is 1. The van der Waals surface area contributed by atoms with Gasteiger partial charge in [0.25, 0.3) is 5.69 Å². The molecule has 0 spiro atoms. The van der Waals surface area contributed by atoms with Crippen LogP contribution in [0.15, 0.2) is 23.8 Å². The first-order chi connectivity index (χ1) is 8.81. The zero-order chi connectivity index (χ0) is 14.6. The Kier molecular flexibility index (Phi) is 4.19. The molecule has 0 amide bonds. The first-order valence-electron chi connectivity index (χ1n) is 4.94. The molecule has 0 aliphatic carbocycles. The van der Waals surface area contributed by atoms with Crippen molar-refractivity contribution in [3.63, 3.8) is 0 Å². The Labute approximate surface area is 106 Å². The number of phenolic OH excluding ortho intramolecular Hbond substituents is 1. The van der Waals surface area contributed by atoms with Gasteiger partial charge in [-0.05, 0) is 18.2 Å². The maximum absolute atomic E-state index is 10.8. The molecule has 0 aliphatic heterocycles. The summed E-state index contributed by atoms with van der Waals surface area (Å²) in [6, 6.07) is 3.07. The molecule has 0 heterocycles. The summed E-state index contributed by atoms with van der Waals surface area (Å²) in [6.45, 7) is 0. The third kappa shape index (κ3) is 3.80. The van der Waals surface area contributed by atoms with Gasteiger partial charge in [0, 0.05) is 11.6 Å². The number of aliphatic carboxylic acids is 2. The number of rotatable bonds is 5. The van der Waals surface area contributed by atoms with E-state index in [0.29, 0.717) is 0 Å². The monoisotopic (exact) mass is 267 g/mol. The van der Waals surface area contributed by atoms with Crippen LogP contribution in [0.4, 0.5) is 5.69 Å². The number of carbonyl (C=O) groups is 2. The highest BCUT2D eigenvalue weighted by molar-refractivity contribution is 5.97. The minimum absolute atomic E-state index is 0.177. The van der Waals surface area contributed by atoms with Crippen LogP contribution in [0.1, 0.15) is 12.0 Å². The van der Waals surface area contributed by atoms with Crippen molar-refractivity contribution < 1.29 is 29.8 Å². The number of nitro benzene ring substituents is 1. The molecule has 0 saturated carbocycles. The SMILES string of the molecule is O=C(O)C/C(=C\c1cc(O)ccc1[N+](=O)[O-])C(=O)O. The summed E-state index contributed by atoms with van der Waals surface area (Å²) in [5.41, 5.74) is -1.13. The summed E-state index contributed by atoms with van der Waals surface area (Å²) < 4.78 is 0. The van der Waals surface area contributed by atoms with Crippen molar-refractivity contribution in [3.05, 3.63) is 39.4 Å². The summed E-state index contributed by atoms with van der Waals surface area (Å²) in [5.74, 6) is -3.17. The molecule has 0 aliphatic rings. The lowest BCUT2D eigenvalue weighted by molar-refractivity contribution is -0.385. The van der Waals surface area contributed by atoms with Gasteiger partial charge in [-0.25, -0.2) is 4.79 Å². The van der Waals surface area contributed by atoms with Crippen LogP contribution in [-0.4, -0.2) is 32.2 Å². The fourth-order valence-corrected chi connectivity index (χ4v) is 1.36. The molecule has 8 nitrogen and oxygen atoms in total. The second kappa shape index (κ2) is 5.63. The van der Waals surface area contributed by atoms with Crippen LogP contribution in [0.2, 0.25) is 0 Å². The molecular weight excluding hydrogens is 258 g/mol. The lowest BCUT2D eigenvalue weighted by Crippen LogP contribution is -2.06. The molecular formula is C11H9NO7. The quantitative estimate of drug-likeness (QED) is 0.414. The predicted molar refractivity (Wildman–Crippen MR) is 62.6 cm³/mol. The molecule has 1 rings (SSSR count). The highest BCUT2D eigenvalue weighted by atomic mass is 16.6. The van der Waals surface area contributed by atoms with Crippen molar-refractivity contribution in [2.24, 2.45) is 0 Å². The van der Waals surface area contributed by atoms with Gasteiger partial charge < -0.3 is 15.3 Å². The number of hydrogen-bond acceptors (Lipinski definition) is 5. The summed E-state index contributed by atoms with van der Waals surface area (Å²) in [6.07, 6.45) is 0.0659. The third-order valence-corrected chi connectivity index (χ3v) is 2.15. The van der Waals surface area contributed by atoms with Gasteiger partial charge in [-0.15, -0.1) is 0 Å². The summed E-state index contributed by atoms with van der Waals surface area (Å²) in [4.78, 5) is 31.3. The molecule has 3 N–H and O–H groups in total. The van der Waals surface area contributed by atoms with Crippen LogP contribution in [0, 0.1) is 10.1 Å². The largest absolute Gasteiger partial charge is 0.508 e. The van der Waals surface area contributed by atoms with Gasteiger partial charge in [-0.3, -0.25) is 14.9 Å². The zero-order valence-electron chi connectivity index (χ0n) is 9.44. The molecule has 8 heteroatoms. The molecule has 0 unspecified atom stereocenters. The normalized spacial score (nSPS) is 11.1. The number of aromatic hydroxyl groups is 1. The molecule has 0 saturated heterocycles. The minimum atomic E-state index is -1.50. The van der Waals surface area contributed by atoms with E-state index in [1.807, 2.05) is 0 Å². The minimum Gasteiger partial charge on any atom is -0.508 e. The van der Waals surface area contributed by atoms with Gasteiger partial charge in [-0.2, -0.15) is 0 Å². The number of phenols is 1. The molecule has 0 atom stereocenters. The van der Waals surface area contributed by atoms with Crippen LogP contribution in [0.5, 0.6) is 5.75 Å². The van der Waals surface area contributed by atoms with Crippen LogP contribution >= 0.6 is 0 Å². The Morgan fingerprint density at radius 2 is 1.95 bits per heavy atom. The van der Waals surface area contributed by atoms with E-state index in [2.05, 4.69) is 0 Å². The van der Waals surface area contributed by atoms with E-state index >= 15 is 0 Å². The van der Waals surface area contributed by atoms with Crippen molar-refractivity contribution in [1.82, 2.24) is 0 Å². The van der Waals surface area contributed by atoms with Crippen molar-refractivity contribution in [3.8, 4) is 5.75 Å². The zero-order valence-corrected chi connectivity index (χ0v) is 9.44. The van der Waals surface area contributed by atoms with E-state index < -0.39 is 34.5 Å². The van der Waals surface area contributed by atoms with Crippen molar-refractivity contribution in [2.75, 3.05) is 0 Å². The van der Waals surface area contributed by atoms with E-state index in [4.69, 9.17) is 10.2 Å². The van der Waals surface area contributed by atoms with E-state index in [1.165, 1.54) is 0 Å². The average Bonchev–Trinajstić information content (AvgIpc) is 2.26. The van der Waals surface area contributed by atoms with Gasteiger partial charge >= 0.3 is 11.9 Å². The number of nitrogens with zero attached hydrogens (tertiary/aromatic N) is 1. The maximum Gasteiger partial charge on any atom is 0.332 e. The van der Waals surface area contributed by atoms with E-state index in [-0.39, 0.29) is 11.3 Å². The average molecular weight is 267 g/mol. The van der Waals surface area contributed by atoms with Gasteiger partial charge in [0.2, 0.25) is 0 Å². The highest BCUT2D eigenvalue weighted by Gasteiger charge is 2.17. The first-order valence-corrected chi connectivity index (χ1v) is 4.94. The molecule has 0 aromatic heterocycles. The standard InChI is InChI=1S/C11H9NO7/c13-8-1-2-9(12(18)19)6(4-8)3-7(11(16)17)5-10(14)15/h1-4,13H,5H2,(H,14,15)(H,16,17)/b7-3+. The summed E-state index contributed by atoms with van der Waals surface area (Å²) >= 11 is 0. The van der Waals surface area contributed by atoms with Gasteiger partial charge in [0.15, 0.2) is 0 Å². The van der Waals surface area contributed by atoms with Crippen molar-refractivity contribution in [2.45, 2.75) is 6.42 Å². The van der Waals surface area contributed by atoms with Crippen LogP contribution in [-0.2, 0) is 9.59 Å². The number of carboxylic acid groups (broad SMARTS) is 2. The molecule has 0 bridgehead atoms. The second-order valence-corrected chi connectivity index (χ2v) is 3.55. The van der Waals surface area contributed by atoms with Gasteiger partial charge in [0.05, 0.1) is 16.9 Å². The molecule has 1 aromatic rings. The molecule has 100 valence electrons. The summed E-state index contributed by atoms with van der Waals surface area (Å²) in [5, 5.41) is 37.3. The topological polar surface area (TPSA) is 138 Å². The summed E-state index contributed by atoms with van der Waals surface area (Å²) in [7, 11) is 0. The Morgan fingerprint density at radius 3 is 2.42 bits per heavy atom. The Balaban J connectivity index is 3.34. The molecule has 0 fully saturated rings. The Bertz CT molecular complexity index is 576. The lowest BCUT2D eigenvalue weighted by atomic mass is 10.1. The third-order valence-electron chi connectivity index (χ3n) is 2.15. The number of hydrogen-bond donors (Lipinski definition) is 3. The van der Waals surface area contributed by atoms with Crippen molar-refractivity contribution >= 4 is 23.7 Å². The number of carboxylic acids is 2. The first kappa shape index (κ1) is 14.2. The predicted octanol–water partition coefficient (Wildman–Crippen LogP) is 1.24. The molecule has 19 heavy (non-hydrogen) atoms. The molecule has 0 radical (unpaired) electrons. The lowest BCUT2D eigenvalue weighted by Gasteiger charge is -2.01. The fourth-order valence-electron chi connectivity index (χ4n) is 1.36. The van der Waals surface area contributed by atoms with Crippen molar-refractivity contribution in [1.29, 1.82) is 0 Å². The van der Waals surface area contributed by atoms with Crippen LogP contribution < -0.4 is 0 Å². The van der Waals surface area contributed by atoms with Gasteiger partial charge in [-0.1, -0.05) is 0 Å². The molecule has 1 aromatic carbocycles. The van der Waals surface area contributed by atoms with E-state index in [1.54, 1.807) is 0 Å². The second-order valence-electron chi connectivity index (χ2n) is 3.55. The van der Waals surface area contributed by atoms with E-state index in [9.17, 15) is 24.8 Å². The number of benzene rings is 1. The smallest absolute Gasteiger partial charge is 0.332 e. The maximum atomic E-state index is 10.8. The Morgan fingerprint density at radius 1 is 1.32 bits per heavy atom. The Hall–Kier alpha value is -2.90. The van der Waals surface area contributed by atoms with Crippen LogP contribution in [0.25, 0.3) is 6.08 Å². The highest BCUT2D eigenvalue weighted by Crippen LogP contribution is 2.26. The van der Waals surface area contributed by atoms with E-state index in [0.717, 1.165) is 24.3 Å².